The van der Waals surface area contributed by atoms with Gasteiger partial charge in [0.1, 0.15) is 5.75 Å². The Morgan fingerprint density at radius 3 is 2.62 bits per heavy atom. The molecule has 2 aromatic carbocycles. The summed E-state index contributed by atoms with van der Waals surface area (Å²) in [4.78, 5) is 23.0. The van der Waals surface area contributed by atoms with E-state index in [1.807, 2.05) is 37.3 Å². The van der Waals surface area contributed by atoms with E-state index >= 15 is 0 Å². The van der Waals surface area contributed by atoms with Crippen LogP contribution >= 0.6 is 0 Å². The third-order valence-corrected chi connectivity index (χ3v) is 3.56. The van der Waals surface area contributed by atoms with Crippen LogP contribution < -0.4 is 10.1 Å². The molecule has 0 saturated heterocycles. The highest BCUT2D eigenvalue weighted by Crippen LogP contribution is 2.14. The normalized spacial score (nSPS) is 11.6. The van der Waals surface area contributed by atoms with Gasteiger partial charge in [-0.3, -0.25) is 4.79 Å². The summed E-state index contributed by atoms with van der Waals surface area (Å²) in [6.07, 6.45) is -0.0403. The second kappa shape index (κ2) is 8.15. The van der Waals surface area contributed by atoms with Gasteiger partial charge in [0.15, 0.2) is 6.10 Å². The Morgan fingerprint density at radius 2 is 1.92 bits per heavy atom. The minimum Gasteiger partial charge on any atom is -0.481 e. The van der Waals surface area contributed by atoms with Crippen molar-refractivity contribution in [2.24, 2.45) is 0 Å². The number of carbonyl (C=O) groups excluding carboxylic acids is 1. The summed E-state index contributed by atoms with van der Waals surface area (Å²) < 4.78 is 5.62. The lowest BCUT2D eigenvalue weighted by atomic mass is 10.1. The van der Waals surface area contributed by atoms with Crippen LogP contribution in [0.5, 0.6) is 5.75 Å². The van der Waals surface area contributed by atoms with Gasteiger partial charge >= 0.3 is 5.97 Å². The number of carboxylic acids is 1. The first-order valence-corrected chi connectivity index (χ1v) is 7.79. The molecule has 0 aliphatic carbocycles. The van der Waals surface area contributed by atoms with Crippen molar-refractivity contribution in [3.8, 4) is 5.75 Å². The van der Waals surface area contributed by atoms with Crippen LogP contribution in [0.1, 0.15) is 28.4 Å². The average Bonchev–Trinajstić information content (AvgIpc) is 2.55. The highest BCUT2D eigenvalue weighted by Gasteiger charge is 2.14. The molecule has 1 amide bonds. The summed E-state index contributed by atoms with van der Waals surface area (Å²) in [6, 6.07) is 14.2. The van der Waals surface area contributed by atoms with Crippen molar-refractivity contribution in [3.05, 3.63) is 65.2 Å². The lowest BCUT2D eigenvalue weighted by Gasteiger charge is -2.15. The number of benzene rings is 2. The fourth-order valence-electron chi connectivity index (χ4n) is 2.28. The van der Waals surface area contributed by atoms with E-state index in [9.17, 15) is 9.59 Å². The Labute approximate surface area is 141 Å². The summed E-state index contributed by atoms with van der Waals surface area (Å²) in [5, 5.41) is 11.8. The Morgan fingerprint density at radius 1 is 1.17 bits per heavy atom. The standard InChI is InChI=1S/C19H21NO4/c1-13-5-3-8-17(11-13)24-14(2)18(21)20-10-9-15-6-4-7-16(12-15)19(22)23/h3-8,11-12,14H,9-10H2,1-2H3,(H,20,21)(H,22,23). The fourth-order valence-corrected chi connectivity index (χ4v) is 2.28. The van der Waals surface area contributed by atoms with Crippen LogP contribution in [-0.4, -0.2) is 29.6 Å². The molecule has 1 atom stereocenters. The molecule has 0 fully saturated rings. The molecule has 0 bridgehead atoms. The first-order chi connectivity index (χ1) is 11.5. The molecule has 1 unspecified atom stereocenters. The zero-order valence-electron chi connectivity index (χ0n) is 13.8. The molecular formula is C19H21NO4. The molecule has 126 valence electrons. The van der Waals surface area contributed by atoms with Gasteiger partial charge in [0.05, 0.1) is 5.56 Å². The van der Waals surface area contributed by atoms with E-state index in [0.717, 1.165) is 11.1 Å². The number of hydrogen-bond acceptors (Lipinski definition) is 3. The van der Waals surface area contributed by atoms with E-state index in [1.165, 1.54) is 0 Å². The average molecular weight is 327 g/mol. The minimum atomic E-state index is -0.957. The first kappa shape index (κ1) is 17.5. The van der Waals surface area contributed by atoms with Crippen LogP contribution in [-0.2, 0) is 11.2 Å². The lowest BCUT2D eigenvalue weighted by Crippen LogP contribution is -2.37. The fraction of sp³-hybridized carbons (Fsp3) is 0.263. The molecule has 2 aromatic rings. The van der Waals surface area contributed by atoms with Crippen LogP contribution in [0.4, 0.5) is 0 Å². The molecule has 0 spiro atoms. The van der Waals surface area contributed by atoms with Crippen molar-refractivity contribution in [1.29, 1.82) is 0 Å². The summed E-state index contributed by atoms with van der Waals surface area (Å²) in [6.45, 7) is 4.08. The molecule has 2 N–H and O–H groups in total. The maximum absolute atomic E-state index is 12.1. The lowest BCUT2D eigenvalue weighted by molar-refractivity contribution is -0.127. The van der Waals surface area contributed by atoms with Gasteiger partial charge in [-0.15, -0.1) is 0 Å². The number of carbonyl (C=O) groups is 2. The number of rotatable bonds is 7. The predicted molar refractivity (Wildman–Crippen MR) is 91.4 cm³/mol. The molecule has 0 aromatic heterocycles. The second-order valence-corrected chi connectivity index (χ2v) is 5.62. The molecule has 0 aliphatic rings. The number of aryl methyl sites for hydroxylation is 1. The highest BCUT2D eigenvalue weighted by molar-refractivity contribution is 5.87. The Balaban J connectivity index is 1.82. The van der Waals surface area contributed by atoms with Crippen LogP contribution in [0.15, 0.2) is 48.5 Å². The summed E-state index contributed by atoms with van der Waals surface area (Å²) in [5.41, 5.74) is 2.18. The summed E-state index contributed by atoms with van der Waals surface area (Å²) >= 11 is 0. The van der Waals surface area contributed by atoms with Crippen molar-refractivity contribution in [3.63, 3.8) is 0 Å². The van der Waals surface area contributed by atoms with E-state index in [-0.39, 0.29) is 11.5 Å². The highest BCUT2D eigenvalue weighted by atomic mass is 16.5. The van der Waals surface area contributed by atoms with Crippen LogP contribution in [0.25, 0.3) is 0 Å². The van der Waals surface area contributed by atoms with Gasteiger partial charge in [-0.05, 0) is 55.7 Å². The SMILES string of the molecule is Cc1cccc(OC(C)C(=O)NCCc2cccc(C(=O)O)c2)c1. The van der Waals surface area contributed by atoms with E-state index in [2.05, 4.69) is 5.32 Å². The van der Waals surface area contributed by atoms with Gasteiger partial charge in [0.25, 0.3) is 5.91 Å². The molecular weight excluding hydrogens is 306 g/mol. The third kappa shape index (κ3) is 5.12. The number of aromatic carboxylic acids is 1. The number of amides is 1. The molecule has 5 heteroatoms. The Kier molecular flexibility index (Phi) is 5.95. The first-order valence-electron chi connectivity index (χ1n) is 7.79. The monoisotopic (exact) mass is 327 g/mol. The van der Waals surface area contributed by atoms with Crippen molar-refractivity contribution in [2.75, 3.05) is 6.54 Å². The van der Waals surface area contributed by atoms with Crippen molar-refractivity contribution in [2.45, 2.75) is 26.4 Å². The molecule has 0 aliphatic heterocycles. The van der Waals surface area contributed by atoms with E-state index in [0.29, 0.717) is 18.7 Å². The zero-order chi connectivity index (χ0) is 17.5. The van der Waals surface area contributed by atoms with Crippen LogP contribution in [0, 0.1) is 6.92 Å². The van der Waals surface area contributed by atoms with E-state index < -0.39 is 12.1 Å². The minimum absolute atomic E-state index is 0.203. The van der Waals surface area contributed by atoms with Gasteiger partial charge in [-0.1, -0.05) is 24.3 Å². The second-order valence-electron chi connectivity index (χ2n) is 5.62. The number of hydrogen-bond donors (Lipinski definition) is 2. The molecule has 5 nitrogen and oxygen atoms in total. The molecule has 2 rings (SSSR count). The van der Waals surface area contributed by atoms with Crippen molar-refractivity contribution < 1.29 is 19.4 Å². The molecule has 0 radical (unpaired) electrons. The maximum atomic E-state index is 12.1. The Bertz CT molecular complexity index is 727. The topological polar surface area (TPSA) is 75.6 Å². The third-order valence-electron chi connectivity index (χ3n) is 3.56. The van der Waals surface area contributed by atoms with Gasteiger partial charge in [-0.25, -0.2) is 4.79 Å². The van der Waals surface area contributed by atoms with Crippen LogP contribution in [0.2, 0.25) is 0 Å². The van der Waals surface area contributed by atoms with E-state index in [4.69, 9.17) is 9.84 Å². The van der Waals surface area contributed by atoms with Crippen molar-refractivity contribution >= 4 is 11.9 Å². The van der Waals surface area contributed by atoms with Crippen molar-refractivity contribution in [1.82, 2.24) is 5.32 Å². The van der Waals surface area contributed by atoms with E-state index in [1.54, 1.807) is 25.1 Å². The number of carboxylic acid groups (broad SMARTS) is 1. The maximum Gasteiger partial charge on any atom is 0.335 e. The Hall–Kier alpha value is -2.82. The summed E-state index contributed by atoms with van der Waals surface area (Å²) in [5.74, 6) is -0.501. The quantitative estimate of drug-likeness (QED) is 0.820. The van der Waals surface area contributed by atoms with Gasteiger partial charge in [0, 0.05) is 6.54 Å². The van der Waals surface area contributed by atoms with Gasteiger partial charge in [-0.2, -0.15) is 0 Å². The largest absolute Gasteiger partial charge is 0.481 e. The molecule has 24 heavy (non-hydrogen) atoms. The van der Waals surface area contributed by atoms with Gasteiger partial charge < -0.3 is 15.2 Å². The smallest absolute Gasteiger partial charge is 0.335 e. The van der Waals surface area contributed by atoms with Gasteiger partial charge in [0.2, 0.25) is 0 Å². The number of nitrogens with one attached hydrogen (secondary N) is 1. The predicted octanol–water partition coefficient (Wildman–Crippen LogP) is 2.82. The summed E-state index contributed by atoms with van der Waals surface area (Å²) in [7, 11) is 0. The zero-order valence-corrected chi connectivity index (χ0v) is 13.8. The van der Waals surface area contributed by atoms with Crippen LogP contribution in [0.3, 0.4) is 0 Å². The molecule has 0 saturated carbocycles. The molecule has 0 heterocycles. The number of ether oxygens (including phenoxy) is 1.